The van der Waals surface area contributed by atoms with Crippen molar-refractivity contribution in [3.05, 3.63) is 218 Å². The standard InChI is InChI=1S/C14H21F.2C14H22.3C13H21N.C12H20N2/c1-13(2,3)10-7-8-11(12(15)9-10)14(4,5)6;1-13(2,3)11-7-9-12(10-8-11)14(4,5)6;1-13(2,3)11-8-7-9-12(10-11)14(4,5)6;1-12(2,3)10-7-8-14-11(9-10)13(4,5)6;2*1-12(2,3)10-7-8-11(14-9-10)13(4,5)6;1-11(2,3)9-7-13-10(14-8-9)12(4,5)6/h7-9H,1-6H3;2*7-10H,1-6H3;3*7-9H,1-6H3;7-8H,1-6H3. The lowest BCUT2D eigenvalue weighted by Crippen LogP contribution is -2.18. The Morgan fingerprint density at radius 1 is 0.202 bits per heavy atom. The Balaban J connectivity index is 0.000000578. The maximum absolute atomic E-state index is 13.9. The highest BCUT2D eigenvalue weighted by atomic mass is 19.1. The van der Waals surface area contributed by atoms with Gasteiger partial charge in [0.1, 0.15) is 11.6 Å². The second kappa shape index (κ2) is 33.9. The van der Waals surface area contributed by atoms with E-state index in [1.54, 1.807) is 6.07 Å². The Kier molecular flexibility index (Phi) is 31.2. The van der Waals surface area contributed by atoms with Crippen LogP contribution in [0.4, 0.5) is 4.39 Å². The molecule has 0 aliphatic rings. The third kappa shape index (κ3) is 32.8. The molecule has 7 aromatic rings. The lowest BCUT2D eigenvalue weighted by Gasteiger charge is -2.24. The zero-order valence-corrected chi connectivity index (χ0v) is 71.8. The number of pyridine rings is 3. The van der Waals surface area contributed by atoms with Crippen molar-refractivity contribution in [1.29, 1.82) is 0 Å². The Hall–Kier alpha value is -5.88. The molecule has 3 aromatic carbocycles. The first-order valence-electron chi connectivity index (χ1n) is 36.7. The number of nitrogens with zero attached hydrogens (tertiary/aromatic N) is 5. The van der Waals surface area contributed by atoms with Gasteiger partial charge in [-0.3, -0.25) is 15.0 Å². The van der Waals surface area contributed by atoms with Gasteiger partial charge in [0, 0.05) is 69.7 Å². The Labute approximate surface area is 611 Å². The summed E-state index contributed by atoms with van der Waals surface area (Å²) < 4.78 is 13.9. The molecule has 0 fully saturated rings. The van der Waals surface area contributed by atoms with Gasteiger partial charge in [0.05, 0.1) is 0 Å². The van der Waals surface area contributed by atoms with Crippen molar-refractivity contribution in [2.24, 2.45) is 0 Å². The van der Waals surface area contributed by atoms with Gasteiger partial charge < -0.3 is 0 Å². The number of rotatable bonds is 0. The van der Waals surface area contributed by atoms with E-state index in [1.807, 2.05) is 63.9 Å². The number of halogens is 1. The number of hydrogen-bond acceptors (Lipinski definition) is 5. The average molecular weight is 1360 g/mol. The van der Waals surface area contributed by atoms with Gasteiger partial charge in [-0.2, -0.15) is 0 Å². The van der Waals surface area contributed by atoms with E-state index in [2.05, 4.69) is 380 Å². The molecule has 0 saturated heterocycles. The minimum atomic E-state index is -0.125. The highest BCUT2D eigenvalue weighted by Gasteiger charge is 2.26. The van der Waals surface area contributed by atoms with E-state index >= 15 is 0 Å². The first-order valence-corrected chi connectivity index (χ1v) is 36.7. The molecule has 5 nitrogen and oxygen atoms in total. The first-order chi connectivity index (χ1) is 43.9. The fraction of sp³-hybridized carbons (Fsp3) is 0.602. The van der Waals surface area contributed by atoms with Gasteiger partial charge in [-0.25, -0.2) is 14.4 Å². The van der Waals surface area contributed by atoms with Crippen LogP contribution in [0.1, 0.15) is 369 Å². The number of benzene rings is 3. The van der Waals surface area contributed by atoms with Crippen molar-refractivity contribution >= 4 is 0 Å². The summed E-state index contributed by atoms with van der Waals surface area (Å²) in [6, 6.07) is 36.5. The second-order valence-corrected chi connectivity index (χ2v) is 41.9. The predicted molar refractivity (Wildman–Crippen MR) is 436 cm³/mol. The summed E-state index contributed by atoms with van der Waals surface area (Å²) in [5.74, 6) is 0.820. The van der Waals surface area contributed by atoms with Gasteiger partial charge >= 0.3 is 0 Å². The van der Waals surface area contributed by atoms with E-state index in [0.29, 0.717) is 0 Å². The molecule has 0 unspecified atom stereocenters. The summed E-state index contributed by atoms with van der Waals surface area (Å²) in [6.07, 6.45) is 9.80. The maximum atomic E-state index is 13.9. The van der Waals surface area contributed by atoms with E-state index in [1.165, 1.54) is 50.2 Å². The van der Waals surface area contributed by atoms with Crippen LogP contribution in [0.3, 0.4) is 0 Å². The second-order valence-electron chi connectivity index (χ2n) is 41.9. The third-order valence-electron chi connectivity index (χ3n) is 17.2. The van der Waals surface area contributed by atoms with Gasteiger partial charge in [0.25, 0.3) is 0 Å². The van der Waals surface area contributed by atoms with Crippen molar-refractivity contribution in [2.45, 2.75) is 367 Å². The highest BCUT2D eigenvalue weighted by molar-refractivity contribution is 5.35. The highest BCUT2D eigenvalue weighted by Crippen LogP contribution is 2.34. The molecule has 7 rings (SSSR count). The van der Waals surface area contributed by atoms with Crippen LogP contribution in [-0.2, 0) is 75.8 Å². The van der Waals surface area contributed by atoms with Gasteiger partial charge in [-0.15, -0.1) is 0 Å². The lowest BCUT2D eigenvalue weighted by atomic mass is 9.81. The fourth-order valence-electron chi connectivity index (χ4n) is 9.48. The molecular weight excluding hydrogens is 1210 g/mol. The Bertz CT molecular complexity index is 2970. The third-order valence-corrected chi connectivity index (χ3v) is 17.2. The van der Waals surface area contributed by atoms with Crippen LogP contribution in [0.2, 0.25) is 0 Å². The summed E-state index contributed by atoms with van der Waals surface area (Å²) in [5, 5.41) is 0. The van der Waals surface area contributed by atoms with E-state index in [-0.39, 0.29) is 81.6 Å². The summed E-state index contributed by atoms with van der Waals surface area (Å²) in [7, 11) is 0. The van der Waals surface area contributed by atoms with Crippen molar-refractivity contribution in [2.75, 3.05) is 0 Å². The van der Waals surface area contributed by atoms with Gasteiger partial charge in [0.2, 0.25) is 0 Å². The molecule has 0 aliphatic heterocycles. The average Bonchev–Trinajstić information content (AvgIpc) is 0.895. The molecule has 552 valence electrons. The van der Waals surface area contributed by atoms with Gasteiger partial charge in [-0.1, -0.05) is 364 Å². The topological polar surface area (TPSA) is 64.5 Å². The molecule has 0 aliphatic carbocycles. The zero-order valence-electron chi connectivity index (χ0n) is 71.8. The van der Waals surface area contributed by atoms with E-state index < -0.39 is 0 Å². The SMILES string of the molecule is CC(C)(C)c1ccc(C(C)(C)C)c(F)c1.CC(C)(C)c1ccc(C(C)(C)C)cc1.CC(C)(C)c1ccc(C(C)(C)C)nc1.CC(C)(C)c1ccc(C(C)(C)C)nc1.CC(C)(C)c1cccc(C(C)(C)C)c1.CC(C)(C)c1ccnc(C(C)(C)C)c1.CC(C)(C)c1cnc(C(C)(C)C)nc1. The molecule has 4 heterocycles. The lowest BCUT2D eigenvalue weighted by molar-refractivity contribution is 0.513. The van der Waals surface area contributed by atoms with Gasteiger partial charge in [0.15, 0.2) is 0 Å². The normalized spacial score (nSPS) is 13.0. The molecule has 4 aromatic heterocycles. The van der Waals surface area contributed by atoms with Crippen molar-refractivity contribution in [3.8, 4) is 0 Å². The molecule has 0 atom stereocenters. The van der Waals surface area contributed by atoms with Crippen LogP contribution in [0.5, 0.6) is 0 Å². The predicted octanol–water partition coefficient (Wildman–Crippen LogP) is 27.1. The molecule has 0 spiro atoms. The van der Waals surface area contributed by atoms with Crippen molar-refractivity contribution < 1.29 is 4.39 Å². The molecule has 0 radical (unpaired) electrons. The minimum Gasteiger partial charge on any atom is -0.261 e. The number of aromatic nitrogens is 5. The van der Waals surface area contributed by atoms with Crippen molar-refractivity contribution in [1.82, 2.24) is 24.9 Å². The molecular formula is C93H148FN5. The Morgan fingerprint density at radius 3 is 0.727 bits per heavy atom. The van der Waals surface area contributed by atoms with Crippen LogP contribution in [0.15, 0.2) is 134 Å². The zero-order chi connectivity index (χ0) is 77.8. The molecule has 0 amide bonds. The maximum Gasteiger partial charge on any atom is 0.133 e. The largest absolute Gasteiger partial charge is 0.261 e. The van der Waals surface area contributed by atoms with Crippen LogP contribution >= 0.6 is 0 Å². The van der Waals surface area contributed by atoms with Gasteiger partial charge in [-0.05, 0) is 140 Å². The quantitative estimate of drug-likeness (QED) is 0.151. The van der Waals surface area contributed by atoms with Crippen LogP contribution < -0.4 is 0 Å². The van der Waals surface area contributed by atoms with Crippen molar-refractivity contribution in [3.63, 3.8) is 0 Å². The summed E-state index contributed by atoms with van der Waals surface area (Å²) in [5.41, 5.74) is 18.2. The van der Waals surface area contributed by atoms with E-state index in [4.69, 9.17) is 0 Å². The molecule has 0 bridgehead atoms. The summed E-state index contributed by atoms with van der Waals surface area (Å²) >= 11 is 0. The molecule has 99 heavy (non-hydrogen) atoms. The number of hydrogen-bond donors (Lipinski definition) is 0. The van der Waals surface area contributed by atoms with E-state index in [0.717, 1.165) is 28.3 Å². The summed E-state index contributed by atoms with van der Waals surface area (Å²) in [4.78, 5) is 22.3. The van der Waals surface area contributed by atoms with E-state index in [9.17, 15) is 4.39 Å². The first kappa shape index (κ1) is 91.1. The minimum absolute atomic E-state index is 0.0112. The Morgan fingerprint density at radius 2 is 0.475 bits per heavy atom. The summed E-state index contributed by atoms with van der Waals surface area (Å²) in [6.45, 7) is 92.0. The van der Waals surface area contributed by atoms with Crippen LogP contribution in [0, 0.1) is 5.82 Å². The van der Waals surface area contributed by atoms with Crippen LogP contribution in [-0.4, -0.2) is 24.9 Å². The smallest absolute Gasteiger partial charge is 0.133 e. The molecule has 6 heteroatoms. The monoisotopic (exact) mass is 1350 g/mol. The fourth-order valence-corrected chi connectivity index (χ4v) is 9.48. The molecule has 0 N–H and O–H groups in total. The molecule has 0 saturated carbocycles. The van der Waals surface area contributed by atoms with Crippen LogP contribution in [0.25, 0.3) is 0 Å².